The first-order valence-corrected chi connectivity index (χ1v) is 6.31. The molecule has 0 bridgehead atoms. The Hall–Kier alpha value is -1.88. The van der Waals surface area contributed by atoms with E-state index in [0.717, 1.165) is 26.6 Å². The van der Waals surface area contributed by atoms with Crippen LogP contribution >= 0.6 is 15.9 Å². The van der Waals surface area contributed by atoms with E-state index >= 15 is 0 Å². The molecule has 1 aromatic carbocycles. The smallest absolute Gasteiger partial charge is 0.148 e. The number of anilines is 1. The molecule has 3 aromatic rings. The molecule has 2 aromatic heterocycles. The Bertz CT molecular complexity index is 713. The summed E-state index contributed by atoms with van der Waals surface area (Å²) in [5, 5.41) is 5.36. The van der Waals surface area contributed by atoms with Crippen molar-refractivity contribution in [2.24, 2.45) is 0 Å². The minimum absolute atomic E-state index is 0.545. The van der Waals surface area contributed by atoms with Crippen molar-refractivity contribution in [2.45, 2.75) is 6.92 Å². The number of benzene rings is 1. The number of hydrogen-bond acceptors (Lipinski definition) is 3. The largest absolute Gasteiger partial charge is 0.382 e. The first kappa shape index (κ1) is 11.2. The quantitative estimate of drug-likeness (QED) is 0.751. The third kappa shape index (κ3) is 1.76. The van der Waals surface area contributed by atoms with Crippen molar-refractivity contribution in [3.63, 3.8) is 0 Å². The summed E-state index contributed by atoms with van der Waals surface area (Å²) in [6.07, 6.45) is 3.69. The number of nitrogens with zero attached hydrogens (tertiary/aromatic N) is 3. The van der Waals surface area contributed by atoms with Gasteiger partial charge in [0, 0.05) is 27.8 Å². The van der Waals surface area contributed by atoms with Crippen LogP contribution in [0.25, 0.3) is 16.6 Å². The second kappa shape index (κ2) is 4.10. The fourth-order valence-corrected chi connectivity index (χ4v) is 2.25. The molecule has 0 aliphatic heterocycles. The van der Waals surface area contributed by atoms with Gasteiger partial charge in [-0.25, -0.2) is 4.68 Å². The molecule has 0 aliphatic carbocycles. The van der Waals surface area contributed by atoms with E-state index in [9.17, 15) is 0 Å². The van der Waals surface area contributed by atoms with E-state index in [1.54, 1.807) is 10.9 Å². The Kier molecular flexibility index (Phi) is 2.56. The lowest BCUT2D eigenvalue weighted by atomic mass is 10.2. The second-order valence-corrected chi connectivity index (χ2v) is 5.06. The van der Waals surface area contributed by atoms with Gasteiger partial charge in [0.25, 0.3) is 0 Å². The summed E-state index contributed by atoms with van der Waals surface area (Å²) in [6.45, 7) is 1.94. The number of fused-ring (bicyclic) bond motifs is 1. The van der Waals surface area contributed by atoms with Gasteiger partial charge in [-0.2, -0.15) is 5.10 Å². The maximum absolute atomic E-state index is 5.79. The number of halogens is 1. The summed E-state index contributed by atoms with van der Waals surface area (Å²) in [5.74, 6) is 0.545. The lowest BCUT2D eigenvalue weighted by molar-refractivity contribution is 0.890. The molecule has 3 rings (SSSR count). The molecule has 5 heteroatoms. The Balaban J connectivity index is 2.29. The number of nitrogen functional groups attached to an aromatic ring is 1. The van der Waals surface area contributed by atoms with Gasteiger partial charge in [0.15, 0.2) is 0 Å². The maximum atomic E-state index is 5.79. The molecular formula is C13H11BrN4. The average molecular weight is 303 g/mol. The lowest BCUT2D eigenvalue weighted by Crippen LogP contribution is -1.98. The molecular weight excluding hydrogens is 292 g/mol. The summed E-state index contributed by atoms with van der Waals surface area (Å²) in [4.78, 5) is 4.45. The van der Waals surface area contributed by atoms with E-state index in [4.69, 9.17) is 5.73 Å². The van der Waals surface area contributed by atoms with Crippen LogP contribution in [0, 0.1) is 6.92 Å². The van der Waals surface area contributed by atoms with Crippen molar-refractivity contribution in [1.29, 1.82) is 0 Å². The van der Waals surface area contributed by atoms with Gasteiger partial charge in [-0.1, -0.05) is 12.1 Å². The van der Waals surface area contributed by atoms with E-state index in [1.165, 1.54) is 0 Å². The van der Waals surface area contributed by atoms with Crippen LogP contribution in [0.1, 0.15) is 5.56 Å². The number of aromatic nitrogens is 3. The van der Waals surface area contributed by atoms with Gasteiger partial charge in [-0.15, -0.1) is 0 Å². The Morgan fingerprint density at radius 1 is 1.33 bits per heavy atom. The highest BCUT2D eigenvalue weighted by molar-refractivity contribution is 9.10. The third-order valence-electron chi connectivity index (χ3n) is 2.84. The van der Waals surface area contributed by atoms with Gasteiger partial charge in [0.05, 0.1) is 11.2 Å². The SMILES string of the molecule is Cc1cn(-c2cccc3cc(Br)cnc23)nc1N. The molecule has 4 nitrogen and oxygen atoms in total. The van der Waals surface area contributed by atoms with Crippen LogP contribution in [-0.2, 0) is 0 Å². The van der Waals surface area contributed by atoms with Crippen molar-refractivity contribution >= 4 is 32.7 Å². The van der Waals surface area contributed by atoms with E-state index < -0.39 is 0 Å². The molecule has 0 fully saturated rings. The summed E-state index contributed by atoms with van der Waals surface area (Å²) >= 11 is 3.42. The maximum Gasteiger partial charge on any atom is 0.148 e. The molecule has 0 radical (unpaired) electrons. The number of nitrogens with two attached hydrogens (primary N) is 1. The summed E-state index contributed by atoms with van der Waals surface area (Å²) in [7, 11) is 0. The molecule has 2 heterocycles. The number of para-hydroxylation sites is 1. The molecule has 18 heavy (non-hydrogen) atoms. The van der Waals surface area contributed by atoms with E-state index in [0.29, 0.717) is 5.82 Å². The van der Waals surface area contributed by atoms with Crippen molar-refractivity contribution in [3.05, 3.63) is 46.7 Å². The average Bonchev–Trinajstić information content (AvgIpc) is 2.68. The molecule has 0 aliphatic rings. The van der Waals surface area contributed by atoms with Crippen molar-refractivity contribution in [2.75, 3.05) is 5.73 Å². The highest BCUT2D eigenvalue weighted by Gasteiger charge is 2.08. The Morgan fingerprint density at radius 3 is 2.89 bits per heavy atom. The van der Waals surface area contributed by atoms with Crippen LogP contribution in [0.4, 0.5) is 5.82 Å². The van der Waals surface area contributed by atoms with E-state index in [1.807, 2.05) is 37.4 Å². The van der Waals surface area contributed by atoms with E-state index in [2.05, 4.69) is 26.0 Å². The van der Waals surface area contributed by atoms with Crippen LogP contribution in [-0.4, -0.2) is 14.8 Å². The van der Waals surface area contributed by atoms with Gasteiger partial charge in [-0.05, 0) is 35.0 Å². The zero-order chi connectivity index (χ0) is 12.7. The zero-order valence-electron chi connectivity index (χ0n) is 9.76. The first-order chi connectivity index (χ1) is 8.65. The standard InChI is InChI=1S/C13H11BrN4/c1-8-7-18(17-13(8)15)11-4-2-3-9-5-10(14)6-16-12(9)11/h2-7H,1H3,(H2,15,17). The molecule has 0 saturated carbocycles. The third-order valence-corrected chi connectivity index (χ3v) is 3.27. The highest BCUT2D eigenvalue weighted by atomic mass is 79.9. The van der Waals surface area contributed by atoms with Gasteiger partial charge in [0.2, 0.25) is 0 Å². The second-order valence-electron chi connectivity index (χ2n) is 4.14. The minimum Gasteiger partial charge on any atom is -0.382 e. The topological polar surface area (TPSA) is 56.7 Å². The summed E-state index contributed by atoms with van der Waals surface area (Å²) in [5.41, 5.74) is 8.58. The van der Waals surface area contributed by atoms with Crippen LogP contribution in [0.3, 0.4) is 0 Å². The van der Waals surface area contributed by atoms with Crippen LogP contribution < -0.4 is 5.73 Å². The molecule has 0 unspecified atom stereocenters. The van der Waals surface area contributed by atoms with Crippen molar-refractivity contribution in [1.82, 2.24) is 14.8 Å². The predicted molar refractivity (Wildman–Crippen MR) is 75.7 cm³/mol. The monoisotopic (exact) mass is 302 g/mol. The molecule has 0 spiro atoms. The Morgan fingerprint density at radius 2 is 2.17 bits per heavy atom. The van der Waals surface area contributed by atoms with Gasteiger partial charge in [0.1, 0.15) is 5.82 Å². The van der Waals surface area contributed by atoms with Crippen LogP contribution in [0.15, 0.2) is 41.1 Å². The molecule has 0 saturated heterocycles. The fraction of sp³-hybridized carbons (Fsp3) is 0.0769. The highest BCUT2D eigenvalue weighted by Crippen LogP contribution is 2.23. The normalized spacial score (nSPS) is 11.0. The zero-order valence-corrected chi connectivity index (χ0v) is 11.3. The first-order valence-electron chi connectivity index (χ1n) is 5.51. The Labute approximate surface area is 113 Å². The van der Waals surface area contributed by atoms with Crippen molar-refractivity contribution < 1.29 is 0 Å². The lowest BCUT2D eigenvalue weighted by Gasteiger charge is -2.05. The molecule has 2 N–H and O–H groups in total. The molecule has 0 amide bonds. The van der Waals surface area contributed by atoms with Gasteiger partial charge >= 0.3 is 0 Å². The van der Waals surface area contributed by atoms with Crippen molar-refractivity contribution in [3.8, 4) is 5.69 Å². The summed E-state index contributed by atoms with van der Waals surface area (Å²) < 4.78 is 2.73. The molecule has 0 atom stereocenters. The molecule has 90 valence electrons. The number of rotatable bonds is 1. The number of pyridine rings is 1. The predicted octanol–water partition coefficient (Wildman–Crippen LogP) is 3.07. The van der Waals surface area contributed by atoms with Crippen LogP contribution in [0.2, 0.25) is 0 Å². The fourth-order valence-electron chi connectivity index (χ4n) is 1.90. The number of aryl methyl sites for hydroxylation is 1. The van der Waals surface area contributed by atoms with Gasteiger partial charge in [-0.3, -0.25) is 4.98 Å². The minimum atomic E-state index is 0.545. The summed E-state index contributed by atoms with van der Waals surface area (Å²) in [6, 6.07) is 8.02. The van der Waals surface area contributed by atoms with Gasteiger partial charge < -0.3 is 5.73 Å². The number of hydrogen-bond donors (Lipinski definition) is 1. The van der Waals surface area contributed by atoms with E-state index in [-0.39, 0.29) is 0 Å². The van der Waals surface area contributed by atoms with Crippen LogP contribution in [0.5, 0.6) is 0 Å².